The zero-order valence-corrected chi connectivity index (χ0v) is 11.5. The molecule has 0 aliphatic carbocycles. The number of aromatic nitrogens is 1. The van der Waals surface area contributed by atoms with Gasteiger partial charge in [-0.1, -0.05) is 0 Å². The third-order valence-corrected chi connectivity index (χ3v) is 5.49. The fourth-order valence-electron chi connectivity index (χ4n) is 1.13. The molecule has 0 spiro atoms. The van der Waals surface area contributed by atoms with E-state index < -0.39 is 13.4 Å². The first-order chi connectivity index (χ1) is 8.11. The number of hydrogen-bond acceptors (Lipinski definition) is 5. The van der Waals surface area contributed by atoms with Crippen LogP contribution in [0.4, 0.5) is 4.39 Å². The second-order valence-electron chi connectivity index (χ2n) is 3.03. The summed E-state index contributed by atoms with van der Waals surface area (Å²) in [5.74, 6) is -0.433. The molecule has 0 fully saturated rings. The largest absolute Gasteiger partial charge is 0.340 e. The minimum absolute atomic E-state index is 0.0929. The van der Waals surface area contributed by atoms with Crippen molar-refractivity contribution in [1.82, 2.24) is 4.98 Å². The lowest BCUT2D eigenvalue weighted by Crippen LogP contribution is -1.98. The first-order valence-corrected chi connectivity index (χ1v) is 7.93. The lowest BCUT2D eigenvalue weighted by molar-refractivity contribution is 0.224. The van der Waals surface area contributed by atoms with Gasteiger partial charge in [-0.05, 0) is 19.9 Å². The molecule has 0 unspecified atom stereocenters. The van der Waals surface area contributed by atoms with Gasteiger partial charge in [0.1, 0.15) is 5.49 Å². The van der Waals surface area contributed by atoms with Gasteiger partial charge in [0.2, 0.25) is 0 Å². The van der Waals surface area contributed by atoms with E-state index in [0.717, 1.165) is 18.0 Å². The van der Waals surface area contributed by atoms with Crippen LogP contribution in [-0.4, -0.2) is 23.7 Å². The van der Waals surface area contributed by atoms with Crippen LogP contribution in [-0.2, 0) is 13.6 Å². The molecule has 0 saturated heterocycles. The Morgan fingerprint density at radius 1 is 1.41 bits per heavy atom. The maximum absolute atomic E-state index is 13.3. The fourth-order valence-corrected chi connectivity index (χ4v) is 4.13. The summed E-state index contributed by atoms with van der Waals surface area (Å²) in [5, 5.41) is 0. The van der Waals surface area contributed by atoms with Gasteiger partial charge < -0.3 is 9.05 Å². The molecule has 4 nitrogen and oxygen atoms in total. The molecule has 0 aliphatic heterocycles. The number of thioether (sulfide) groups is 1. The standard InChI is InChI=1S/C10H15FNO3PS/c1-3-14-16(13,15-4-2)8-17-10-5-6-12-7-9(10)11/h5-7H,3-4,8H2,1-2H3. The summed E-state index contributed by atoms with van der Waals surface area (Å²) in [6, 6.07) is 1.53. The Bertz CT molecular complexity index is 395. The van der Waals surface area contributed by atoms with Gasteiger partial charge in [0.15, 0.2) is 5.82 Å². The molecule has 0 N–H and O–H groups in total. The number of nitrogens with zero attached hydrogens (tertiary/aromatic N) is 1. The Labute approximate surface area is 104 Å². The van der Waals surface area contributed by atoms with Gasteiger partial charge in [-0.3, -0.25) is 9.55 Å². The van der Waals surface area contributed by atoms with E-state index in [4.69, 9.17) is 9.05 Å². The van der Waals surface area contributed by atoms with E-state index in [2.05, 4.69) is 4.98 Å². The Morgan fingerprint density at radius 2 is 2.06 bits per heavy atom. The van der Waals surface area contributed by atoms with Crippen LogP contribution >= 0.6 is 19.4 Å². The molecule has 0 aromatic carbocycles. The van der Waals surface area contributed by atoms with Crippen LogP contribution in [0.3, 0.4) is 0 Å². The summed E-state index contributed by atoms with van der Waals surface area (Å²) in [7, 11) is -3.13. The predicted molar refractivity (Wildman–Crippen MR) is 65.8 cm³/mol. The van der Waals surface area contributed by atoms with E-state index >= 15 is 0 Å². The Kier molecular flexibility index (Phi) is 6.12. The van der Waals surface area contributed by atoms with E-state index in [-0.39, 0.29) is 5.49 Å². The highest BCUT2D eigenvalue weighted by molar-refractivity contribution is 8.04. The van der Waals surface area contributed by atoms with Crippen molar-refractivity contribution in [3.63, 3.8) is 0 Å². The molecule has 0 radical (unpaired) electrons. The van der Waals surface area contributed by atoms with E-state index in [0.29, 0.717) is 18.1 Å². The summed E-state index contributed by atoms with van der Waals surface area (Å²) < 4.78 is 35.6. The van der Waals surface area contributed by atoms with Gasteiger partial charge in [0.25, 0.3) is 0 Å². The minimum Gasteiger partial charge on any atom is -0.308 e. The van der Waals surface area contributed by atoms with Gasteiger partial charge in [-0.15, -0.1) is 11.8 Å². The molecule has 1 aromatic rings. The molecule has 0 atom stereocenters. The molecule has 0 bridgehead atoms. The maximum atomic E-state index is 13.3. The van der Waals surface area contributed by atoms with Gasteiger partial charge in [-0.25, -0.2) is 4.39 Å². The van der Waals surface area contributed by atoms with Crippen LogP contribution in [0.2, 0.25) is 0 Å². The molecule has 0 amide bonds. The molecular weight excluding hydrogens is 264 g/mol. The SMILES string of the molecule is CCOP(=O)(CSc1ccncc1F)OCC. The summed E-state index contributed by atoms with van der Waals surface area (Å²) in [6.45, 7) is 4.08. The lowest BCUT2D eigenvalue weighted by Gasteiger charge is -2.16. The normalized spacial score (nSPS) is 11.7. The molecular formula is C10H15FNO3PS. The third kappa shape index (κ3) is 4.76. The van der Waals surface area contributed by atoms with Crippen LogP contribution in [0.15, 0.2) is 23.4 Å². The van der Waals surface area contributed by atoms with Crippen molar-refractivity contribution in [2.45, 2.75) is 18.7 Å². The number of pyridine rings is 1. The van der Waals surface area contributed by atoms with Crippen molar-refractivity contribution in [3.05, 3.63) is 24.3 Å². The average Bonchev–Trinajstić information content (AvgIpc) is 2.29. The second-order valence-corrected chi connectivity index (χ2v) is 6.53. The first kappa shape index (κ1) is 14.6. The summed E-state index contributed by atoms with van der Waals surface area (Å²) in [5.41, 5.74) is 0.0929. The van der Waals surface area contributed by atoms with Crippen molar-refractivity contribution >= 4 is 19.4 Å². The molecule has 17 heavy (non-hydrogen) atoms. The van der Waals surface area contributed by atoms with Crippen molar-refractivity contribution in [3.8, 4) is 0 Å². The van der Waals surface area contributed by atoms with Crippen LogP contribution in [0.25, 0.3) is 0 Å². The topological polar surface area (TPSA) is 48.4 Å². The number of hydrogen-bond donors (Lipinski definition) is 0. The fraction of sp³-hybridized carbons (Fsp3) is 0.500. The monoisotopic (exact) mass is 279 g/mol. The Hall–Kier alpha value is -0.420. The molecule has 7 heteroatoms. The quantitative estimate of drug-likeness (QED) is 0.564. The zero-order valence-electron chi connectivity index (χ0n) is 9.76. The van der Waals surface area contributed by atoms with Crippen molar-refractivity contribution in [2.24, 2.45) is 0 Å². The van der Waals surface area contributed by atoms with E-state index in [1.807, 2.05) is 0 Å². The van der Waals surface area contributed by atoms with E-state index in [1.54, 1.807) is 13.8 Å². The van der Waals surface area contributed by atoms with Crippen molar-refractivity contribution in [1.29, 1.82) is 0 Å². The van der Waals surface area contributed by atoms with Crippen LogP contribution < -0.4 is 0 Å². The van der Waals surface area contributed by atoms with E-state index in [9.17, 15) is 8.96 Å². The molecule has 96 valence electrons. The number of rotatable bonds is 7. The first-order valence-electron chi connectivity index (χ1n) is 5.21. The Balaban J connectivity index is 2.64. The summed E-state index contributed by atoms with van der Waals surface area (Å²) in [6.07, 6.45) is 2.60. The molecule has 1 rings (SSSR count). The minimum atomic E-state index is -3.13. The predicted octanol–water partition coefficient (Wildman–Crippen LogP) is 3.54. The van der Waals surface area contributed by atoms with Crippen LogP contribution in [0, 0.1) is 5.82 Å². The lowest BCUT2D eigenvalue weighted by atomic mass is 10.5. The smallest absolute Gasteiger partial charge is 0.308 e. The number of halogens is 1. The molecule has 0 saturated carbocycles. The van der Waals surface area contributed by atoms with Crippen molar-refractivity contribution in [2.75, 3.05) is 18.7 Å². The highest BCUT2D eigenvalue weighted by atomic mass is 32.2. The van der Waals surface area contributed by atoms with Gasteiger partial charge in [-0.2, -0.15) is 0 Å². The van der Waals surface area contributed by atoms with Gasteiger partial charge in [0, 0.05) is 11.1 Å². The van der Waals surface area contributed by atoms with Gasteiger partial charge in [0.05, 0.1) is 19.4 Å². The average molecular weight is 279 g/mol. The summed E-state index contributed by atoms with van der Waals surface area (Å²) in [4.78, 5) is 4.03. The molecule has 1 heterocycles. The summed E-state index contributed by atoms with van der Waals surface area (Å²) >= 11 is 1.11. The Morgan fingerprint density at radius 3 is 2.59 bits per heavy atom. The highest BCUT2D eigenvalue weighted by Gasteiger charge is 2.24. The zero-order chi connectivity index (χ0) is 12.7. The highest BCUT2D eigenvalue weighted by Crippen LogP contribution is 2.52. The molecule has 1 aromatic heterocycles. The van der Waals surface area contributed by atoms with Gasteiger partial charge >= 0.3 is 7.60 Å². The second kappa shape index (κ2) is 7.11. The van der Waals surface area contributed by atoms with Crippen molar-refractivity contribution < 1.29 is 18.0 Å². The van der Waals surface area contributed by atoms with E-state index in [1.165, 1.54) is 12.3 Å². The molecule has 0 aliphatic rings. The van der Waals surface area contributed by atoms with Crippen LogP contribution in [0.5, 0.6) is 0 Å². The maximum Gasteiger partial charge on any atom is 0.340 e. The van der Waals surface area contributed by atoms with Crippen LogP contribution in [0.1, 0.15) is 13.8 Å². The third-order valence-electron chi connectivity index (χ3n) is 1.77.